The number of phosphoric acid groups is 1. The quantitative estimate of drug-likeness (QED) is 0.0408. The van der Waals surface area contributed by atoms with Crippen molar-refractivity contribution in [3.63, 3.8) is 0 Å². The number of phosphoric ester groups is 1. The van der Waals surface area contributed by atoms with E-state index >= 15 is 0 Å². The van der Waals surface area contributed by atoms with Crippen molar-refractivity contribution in [3.8, 4) is 0 Å². The van der Waals surface area contributed by atoms with Gasteiger partial charge < -0.3 is 30.1 Å². The zero-order valence-electron chi connectivity index (χ0n) is 30.2. The van der Waals surface area contributed by atoms with E-state index in [0.29, 0.717) is 12.3 Å². The Morgan fingerprint density at radius 2 is 1.00 bits per heavy atom. The zero-order valence-corrected chi connectivity index (χ0v) is 31.1. The maximum absolute atomic E-state index is 12.3. The third kappa shape index (κ3) is 19.8. The lowest BCUT2D eigenvalue weighted by atomic mass is 9.89. The topological polar surface area (TPSA) is 146 Å². The SMILES string of the molecule is CCCCCC(C)CCCC(C)CCCC(C)CCCC(C)CCCC(C)CCCOP(=O)(O)O[C@@H]1O[C@H](CO)[C@@H](O)[C@H](O)[C@@H]1O. The minimum Gasteiger partial charge on any atom is -0.394 e. The first-order valence-electron chi connectivity index (χ1n) is 18.8. The van der Waals surface area contributed by atoms with E-state index in [1.807, 2.05) is 0 Å². The largest absolute Gasteiger partial charge is 0.474 e. The van der Waals surface area contributed by atoms with Crippen molar-refractivity contribution >= 4 is 7.82 Å². The average molecular weight is 681 g/mol. The van der Waals surface area contributed by atoms with Gasteiger partial charge >= 0.3 is 7.82 Å². The van der Waals surface area contributed by atoms with Gasteiger partial charge in [0.2, 0.25) is 0 Å². The molecule has 0 aromatic carbocycles. The smallest absolute Gasteiger partial charge is 0.394 e. The third-order valence-corrected chi connectivity index (χ3v) is 11.0. The number of hydrogen-bond donors (Lipinski definition) is 5. The van der Waals surface area contributed by atoms with E-state index in [2.05, 4.69) is 41.5 Å². The highest BCUT2D eigenvalue weighted by atomic mass is 31.2. The number of aliphatic hydroxyl groups excluding tert-OH is 4. The molecule has 11 atom stereocenters. The van der Waals surface area contributed by atoms with E-state index in [9.17, 15) is 29.9 Å². The molecule has 0 spiro atoms. The van der Waals surface area contributed by atoms with Crippen molar-refractivity contribution in [3.05, 3.63) is 0 Å². The molecule has 0 radical (unpaired) electrons. The molecule has 0 aliphatic carbocycles. The Bertz CT molecular complexity index is 785. The van der Waals surface area contributed by atoms with E-state index in [1.54, 1.807) is 0 Å². The van der Waals surface area contributed by atoms with Crippen molar-refractivity contribution in [2.45, 2.75) is 188 Å². The molecule has 0 bridgehead atoms. The molecule has 1 aliphatic heterocycles. The molecule has 0 aromatic heterocycles. The van der Waals surface area contributed by atoms with Crippen molar-refractivity contribution in [1.82, 2.24) is 0 Å². The fraction of sp³-hybridized carbons (Fsp3) is 1.00. The predicted octanol–water partition coefficient (Wildman–Crippen LogP) is 8.14. The normalized spacial score (nSPS) is 26.7. The molecule has 1 heterocycles. The summed E-state index contributed by atoms with van der Waals surface area (Å²) in [5.74, 6) is 3.77. The average Bonchev–Trinajstić information content (AvgIpc) is 2.99. The molecular formula is C36H73O9P. The molecule has 276 valence electrons. The second kappa shape index (κ2) is 25.0. The predicted molar refractivity (Wildman–Crippen MR) is 185 cm³/mol. The van der Waals surface area contributed by atoms with Crippen LogP contribution in [0.4, 0.5) is 0 Å². The number of unbranched alkanes of at least 4 members (excludes halogenated alkanes) is 2. The summed E-state index contributed by atoms with van der Waals surface area (Å²) >= 11 is 0. The van der Waals surface area contributed by atoms with Crippen LogP contribution >= 0.6 is 7.82 Å². The van der Waals surface area contributed by atoms with E-state index in [4.69, 9.17) is 13.8 Å². The summed E-state index contributed by atoms with van der Waals surface area (Å²) in [7, 11) is -4.58. The third-order valence-electron chi connectivity index (χ3n) is 10.1. The molecule has 1 saturated heterocycles. The number of aliphatic hydroxyl groups is 4. The van der Waals surface area contributed by atoms with Gasteiger partial charge in [-0.3, -0.25) is 9.05 Å². The molecule has 0 amide bonds. The van der Waals surface area contributed by atoms with Crippen LogP contribution in [0.3, 0.4) is 0 Å². The van der Waals surface area contributed by atoms with Gasteiger partial charge in [-0.25, -0.2) is 4.57 Å². The molecular weight excluding hydrogens is 607 g/mol. The van der Waals surface area contributed by atoms with Crippen LogP contribution in [-0.2, 0) is 18.3 Å². The van der Waals surface area contributed by atoms with E-state index in [1.165, 1.54) is 96.3 Å². The van der Waals surface area contributed by atoms with Crippen LogP contribution < -0.4 is 0 Å². The van der Waals surface area contributed by atoms with Gasteiger partial charge in [-0.05, 0) is 42.4 Å². The summed E-state index contributed by atoms with van der Waals surface area (Å²) in [4.78, 5) is 10.0. The Balaban J connectivity index is 2.08. The molecule has 0 saturated carbocycles. The highest BCUT2D eigenvalue weighted by Gasteiger charge is 2.46. The standard InChI is InChI=1S/C36H73O9P/c1-7-8-9-15-27(2)16-10-17-28(3)18-11-19-29(4)20-12-21-30(5)22-13-23-31(6)24-14-25-43-46(41,42)45-36-35(40)34(39)33(38)32(26-37)44-36/h27-40H,7-26H2,1-6H3,(H,41,42)/t27?,28?,29?,30?,31?,32-,33-,34+,35+,36+/m1/s1. The van der Waals surface area contributed by atoms with Crippen LogP contribution in [0.25, 0.3) is 0 Å². The van der Waals surface area contributed by atoms with Crippen molar-refractivity contribution in [2.24, 2.45) is 29.6 Å². The highest BCUT2D eigenvalue weighted by molar-refractivity contribution is 7.47. The maximum Gasteiger partial charge on any atom is 0.474 e. The van der Waals surface area contributed by atoms with Crippen molar-refractivity contribution in [2.75, 3.05) is 13.2 Å². The van der Waals surface area contributed by atoms with E-state index < -0.39 is 45.1 Å². The van der Waals surface area contributed by atoms with Crippen LogP contribution in [0, 0.1) is 29.6 Å². The van der Waals surface area contributed by atoms with Crippen LogP contribution in [0.2, 0.25) is 0 Å². The summed E-state index contributed by atoms with van der Waals surface area (Å²) in [5.41, 5.74) is 0. The van der Waals surface area contributed by atoms with Gasteiger partial charge in [0.1, 0.15) is 24.4 Å². The summed E-state index contributed by atoms with van der Waals surface area (Å²) in [6, 6.07) is 0. The lowest BCUT2D eigenvalue weighted by Crippen LogP contribution is -2.58. The fourth-order valence-electron chi connectivity index (χ4n) is 6.65. The van der Waals surface area contributed by atoms with Gasteiger partial charge in [0.25, 0.3) is 0 Å². The number of ether oxygens (including phenoxy) is 1. The lowest BCUT2D eigenvalue weighted by molar-refractivity contribution is -0.281. The maximum atomic E-state index is 12.3. The van der Waals surface area contributed by atoms with Gasteiger partial charge in [0.05, 0.1) is 13.2 Å². The molecule has 1 rings (SSSR count). The lowest BCUT2D eigenvalue weighted by Gasteiger charge is -2.39. The Kier molecular flexibility index (Phi) is 23.8. The first kappa shape index (κ1) is 43.9. The fourth-order valence-corrected chi connectivity index (χ4v) is 7.51. The summed E-state index contributed by atoms with van der Waals surface area (Å²) < 4.78 is 27.3. The zero-order chi connectivity index (χ0) is 34.5. The second-order valence-corrected chi connectivity index (χ2v) is 16.4. The van der Waals surface area contributed by atoms with Crippen LogP contribution in [0.15, 0.2) is 0 Å². The van der Waals surface area contributed by atoms with Crippen LogP contribution in [0.5, 0.6) is 0 Å². The number of rotatable bonds is 28. The van der Waals surface area contributed by atoms with Crippen LogP contribution in [0.1, 0.15) is 157 Å². The van der Waals surface area contributed by atoms with E-state index in [0.717, 1.165) is 36.5 Å². The first-order valence-corrected chi connectivity index (χ1v) is 20.2. The molecule has 5 N–H and O–H groups in total. The minimum atomic E-state index is -4.58. The molecule has 9 nitrogen and oxygen atoms in total. The Morgan fingerprint density at radius 1 is 0.609 bits per heavy atom. The van der Waals surface area contributed by atoms with Crippen molar-refractivity contribution < 1.29 is 43.7 Å². The summed E-state index contributed by atoms with van der Waals surface area (Å²) in [5, 5.41) is 38.9. The Morgan fingerprint density at radius 3 is 1.39 bits per heavy atom. The minimum absolute atomic E-state index is 0.00150. The van der Waals surface area contributed by atoms with E-state index in [-0.39, 0.29) is 6.61 Å². The van der Waals surface area contributed by atoms with Crippen LogP contribution in [-0.4, -0.2) is 69.2 Å². The van der Waals surface area contributed by atoms with Gasteiger partial charge in [-0.1, -0.05) is 144 Å². The molecule has 1 aliphatic rings. The number of hydrogen-bond acceptors (Lipinski definition) is 8. The molecule has 6 unspecified atom stereocenters. The van der Waals surface area contributed by atoms with Gasteiger partial charge in [-0.2, -0.15) is 0 Å². The monoisotopic (exact) mass is 680 g/mol. The Labute approximate surface area is 281 Å². The first-order chi connectivity index (χ1) is 21.8. The molecule has 0 aromatic rings. The Hall–Kier alpha value is -0.0900. The van der Waals surface area contributed by atoms with Gasteiger partial charge in [-0.15, -0.1) is 0 Å². The molecule has 46 heavy (non-hydrogen) atoms. The molecule has 10 heteroatoms. The summed E-state index contributed by atoms with van der Waals surface area (Å²) in [6.45, 7) is 13.5. The summed E-state index contributed by atoms with van der Waals surface area (Å²) in [6.07, 6.45) is 14.7. The molecule has 1 fully saturated rings. The van der Waals surface area contributed by atoms with Gasteiger partial charge in [0.15, 0.2) is 6.29 Å². The highest BCUT2D eigenvalue weighted by Crippen LogP contribution is 2.46. The van der Waals surface area contributed by atoms with Gasteiger partial charge in [0, 0.05) is 0 Å². The second-order valence-electron chi connectivity index (χ2n) is 15.0. The van der Waals surface area contributed by atoms with Crippen molar-refractivity contribution in [1.29, 1.82) is 0 Å².